The van der Waals surface area contributed by atoms with Gasteiger partial charge in [0.05, 0.1) is 11.5 Å². The highest BCUT2D eigenvalue weighted by atomic mass is 32.2. The van der Waals surface area contributed by atoms with Gasteiger partial charge in [-0.15, -0.1) is 0 Å². The Morgan fingerprint density at radius 2 is 2.24 bits per heavy atom. The molecule has 5 heteroatoms. The molecule has 0 aliphatic carbocycles. The smallest absolute Gasteiger partial charge is 0.150 e. The first-order valence-corrected chi connectivity index (χ1v) is 7.59. The molecule has 2 rings (SSSR count). The maximum absolute atomic E-state index is 11.3. The summed E-state index contributed by atoms with van der Waals surface area (Å²) >= 11 is 0. The standard InChI is InChI=1S/C12H18N2O2S/c1-9-2-3-11(13)6-12(9)14-7-10-4-5-17(15,16)8-10/h2-3,6,10,14H,4-5,7-8,13H2,1H3. The highest BCUT2D eigenvalue weighted by molar-refractivity contribution is 7.91. The van der Waals surface area contributed by atoms with Gasteiger partial charge in [-0.25, -0.2) is 8.42 Å². The molecular weight excluding hydrogens is 236 g/mol. The predicted molar refractivity (Wildman–Crippen MR) is 70.8 cm³/mol. The molecule has 94 valence electrons. The lowest BCUT2D eigenvalue weighted by atomic mass is 10.1. The molecule has 0 radical (unpaired) electrons. The first-order chi connectivity index (χ1) is 7.96. The number of nitrogens with one attached hydrogen (secondary N) is 1. The highest BCUT2D eigenvalue weighted by Crippen LogP contribution is 2.22. The van der Waals surface area contributed by atoms with Gasteiger partial charge in [-0.1, -0.05) is 6.07 Å². The fraction of sp³-hybridized carbons (Fsp3) is 0.500. The normalized spacial score (nSPS) is 22.5. The summed E-state index contributed by atoms with van der Waals surface area (Å²) in [6, 6.07) is 5.71. The predicted octanol–water partition coefficient (Wildman–Crippen LogP) is 1.42. The topological polar surface area (TPSA) is 72.2 Å². The van der Waals surface area contributed by atoms with Crippen LogP contribution in [0.25, 0.3) is 0 Å². The van der Waals surface area contributed by atoms with Gasteiger partial charge in [0.15, 0.2) is 9.84 Å². The lowest BCUT2D eigenvalue weighted by molar-refractivity contribution is 0.596. The summed E-state index contributed by atoms with van der Waals surface area (Å²) in [5, 5.41) is 3.29. The number of sulfone groups is 1. The molecule has 1 saturated heterocycles. The Kier molecular flexibility index (Phi) is 3.28. The van der Waals surface area contributed by atoms with Crippen LogP contribution < -0.4 is 11.1 Å². The van der Waals surface area contributed by atoms with Gasteiger partial charge < -0.3 is 11.1 Å². The molecular formula is C12H18N2O2S. The van der Waals surface area contributed by atoms with Crippen molar-refractivity contribution in [2.75, 3.05) is 29.1 Å². The number of anilines is 2. The maximum Gasteiger partial charge on any atom is 0.150 e. The number of hydrogen-bond acceptors (Lipinski definition) is 4. The maximum atomic E-state index is 11.3. The molecule has 0 bridgehead atoms. The molecule has 0 saturated carbocycles. The Morgan fingerprint density at radius 3 is 2.88 bits per heavy atom. The molecule has 0 amide bonds. The van der Waals surface area contributed by atoms with Crippen LogP contribution in [0.5, 0.6) is 0 Å². The Labute approximate surface area is 102 Å². The van der Waals surface area contributed by atoms with Crippen LogP contribution in [0.2, 0.25) is 0 Å². The first kappa shape index (κ1) is 12.2. The van der Waals surface area contributed by atoms with E-state index < -0.39 is 9.84 Å². The van der Waals surface area contributed by atoms with E-state index in [0.717, 1.165) is 23.4 Å². The Morgan fingerprint density at radius 1 is 1.47 bits per heavy atom. The third-order valence-electron chi connectivity index (χ3n) is 3.17. The van der Waals surface area contributed by atoms with Gasteiger partial charge in [0.25, 0.3) is 0 Å². The Balaban J connectivity index is 1.97. The average Bonchev–Trinajstić information content (AvgIpc) is 2.60. The van der Waals surface area contributed by atoms with Gasteiger partial charge in [0.2, 0.25) is 0 Å². The molecule has 1 aromatic carbocycles. The summed E-state index contributed by atoms with van der Waals surface area (Å²) in [5.74, 6) is 0.859. The molecule has 1 fully saturated rings. The van der Waals surface area contributed by atoms with E-state index in [1.807, 2.05) is 25.1 Å². The molecule has 0 aromatic heterocycles. The van der Waals surface area contributed by atoms with E-state index in [9.17, 15) is 8.42 Å². The molecule has 1 aliphatic heterocycles. The molecule has 1 aromatic rings. The van der Waals surface area contributed by atoms with E-state index in [-0.39, 0.29) is 5.92 Å². The van der Waals surface area contributed by atoms with Gasteiger partial charge in [-0.05, 0) is 37.0 Å². The quantitative estimate of drug-likeness (QED) is 0.800. The fourth-order valence-electron chi connectivity index (χ4n) is 2.12. The number of nitrogens with two attached hydrogens (primary N) is 1. The van der Waals surface area contributed by atoms with Crippen LogP contribution in [0.15, 0.2) is 18.2 Å². The summed E-state index contributed by atoms with van der Waals surface area (Å²) in [7, 11) is -2.78. The minimum atomic E-state index is -2.78. The van der Waals surface area contributed by atoms with Crippen molar-refractivity contribution in [2.24, 2.45) is 5.92 Å². The second kappa shape index (κ2) is 4.56. The molecule has 17 heavy (non-hydrogen) atoms. The van der Waals surface area contributed by atoms with Crippen molar-refractivity contribution in [1.29, 1.82) is 0 Å². The summed E-state index contributed by atoms with van der Waals surface area (Å²) in [4.78, 5) is 0. The largest absolute Gasteiger partial charge is 0.399 e. The number of rotatable bonds is 3. The number of aryl methyl sites for hydroxylation is 1. The van der Waals surface area contributed by atoms with Crippen molar-refractivity contribution in [3.63, 3.8) is 0 Å². The van der Waals surface area contributed by atoms with Gasteiger partial charge >= 0.3 is 0 Å². The number of benzene rings is 1. The lowest BCUT2D eigenvalue weighted by Crippen LogP contribution is -2.16. The molecule has 1 heterocycles. The third kappa shape index (κ3) is 3.12. The van der Waals surface area contributed by atoms with Crippen LogP contribution in [0.3, 0.4) is 0 Å². The monoisotopic (exact) mass is 254 g/mol. The average molecular weight is 254 g/mol. The SMILES string of the molecule is Cc1ccc(N)cc1NCC1CCS(=O)(=O)C1. The van der Waals surface area contributed by atoms with Crippen LogP contribution in [0.1, 0.15) is 12.0 Å². The van der Waals surface area contributed by atoms with Crippen molar-refractivity contribution in [3.05, 3.63) is 23.8 Å². The van der Waals surface area contributed by atoms with Gasteiger partial charge in [0, 0.05) is 17.9 Å². The van der Waals surface area contributed by atoms with Crippen molar-refractivity contribution < 1.29 is 8.42 Å². The first-order valence-electron chi connectivity index (χ1n) is 5.77. The summed E-state index contributed by atoms with van der Waals surface area (Å²) < 4.78 is 22.7. The summed E-state index contributed by atoms with van der Waals surface area (Å²) in [5.41, 5.74) is 8.56. The third-order valence-corrected chi connectivity index (χ3v) is 5.01. The lowest BCUT2D eigenvalue weighted by Gasteiger charge is -2.13. The number of nitrogen functional groups attached to an aromatic ring is 1. The van der Waals surface area contributed by atoms with E-state index in [4.69, 9.17) is 5.73 Å². The van der Waals surface area contributed by atoms with Crippen LogP contribution in [-0.4, -0.2) is 26.5 Å². The van der Waals surface area contributed by atoms with Crippen molar-refractivity contribution in [1.82, 2.24) is 0 Å². The van der Waals surface area contributed by atoms with Gasteiger partial charge in [-0.3, -0.25) is 0 Å². The Hall–Kier alpha value is -1.23. The van der Waals surface area contributed by atoms with Crippen molar-refractivity contribution >= 4 is 21.2 Å². The van der Waals surface area contributed by atoms with Crippen LogP contribution in [-0.2, 0) is 9.84 Å². The van der Waals surface area contributed by atoms with Crippen LogP contribution in [0, 0.1) is 12.8 Å². The van der Waals surface area contributed by atoms with Gasteiger partial charge in [0.1, 0.15) is 0 Å². The molecule has 4 nitrogen and oxygen atoms in total. The van der Waals surface area contributed by atoms with Gasteiger partial charge in [-0.2, -0.15) is 0 Å². The number of hydrogen-bond donors (Lipinski definition) is 2. The highest BCUT2D eigenvalue weighted by Gasteiger charge is 2.27. The molecule has 0 spiro atoms. The summed E-state index contributed by atoms with van der Waals surface area (Å²) in [6.45, 7) is 2.71. The van der Waals surface area contributed by atoms with Crippen LogP contribution >= 0.6 is 0 Å². The van der Waals surface area contributed by atoms with Crippen LogP contribution in [0.4, 0.5) is 11.4 Å². The molecule has 1 unspecified atom stereocenters. The zero-order chi connectivity index (χ0) is 12.5. The molecule has 3 N–H and O–H groups in total. The van der Waals surface area contributed by atoms with E-state index in [1.165, 1.54) is 0 Å². The van der Waals surface area contributed by atoms with E-state index in [0.29, 0.717) is 18.1 Å². The fourth-order valence-corrected chi connectivity index (χ4v) is 3.98. The zero-order valence-electron chi connectivity index (χ0n) is 9.94. The van der Waals surface area contributed by atoms with E-state index >= 15 is 0 Å². The van der Waals surface area contributed by atoms with E-state index in [1.54, 1.807) is 0 Å². The summed E-state index contributed by atoms with van der Waals surface area (Å²) in [6.07, 6.45) is 0.761. The minimum absolute atomic E-state index is 0.223. The minimum Gasteiger partial charge on any atom is -0.399 e. The van der Waals surface area contributed by atoms with Crippen molar-refractivity contribution in [3.8, 4) is 0 Å². The zero-order valence-corrected chi connectivity index (χ0v) is 10.8. The second-order valence-corrected chi connectivity index (χ2v) is 6.95. The van der Waals surface area contributed by atoms with Crippen molar-refractivity contribution in [2.45, 2.75) is 13.3 Å². The molecule has 1 aliphatic rings. The Bertz CT molecular complexity index is 511. The molecule has 1 atom stereocenters. The van der Waals surface area contributed by atoms with E-state index in [2.05, 4.69) is 5.32 Å². The second-order valence-electron chi connectivity index (χ2n) is 4.72.